The average molecular weight is 189 g/mol. The fraction of sp³-hybridized carbons (Fsp3) is 0.100. The number of aromatic nitrogens is 2. The van der Waals surface area contributed by atoms with Gasteiger partial charge in [-0.05, 0) is 24.6 Å². The lowest BCUT2D eigenvalue weighted by Crippen LogP contribution is -1.95. The molecule has 4 nitrogen and oxygen atoms in total. The molecular weight excluding hydrogens is 178 g/mol. The lowest BCUT2D eigenvalue weighted by Gasteiger charge is -2.04. The predicted octanol–water partition coefficient (Wildman–Crippen LogP) is 1.47. The van der Waals surface area contributed by atoms with Crippen LogP contribution in [0.5, 0.6) is 5.75 Å². The van der Waals surface area contributed by atoms with Crippen molar-refractivity contribution in [3.8, 4) is 11.4 Å². The number of rotatable bonds is 1. The molecule has 1 aromatic carbocycles. The van der Waals surface area contributed by atoms with Crippen molar-refractivity contribution in [3.05, 3.63) is 36.2 Å². The largest absolute Gasteiger partial charge is 0.506 e. The van der Waals surface area contributed by atoms with Crippen molar-refractivity contribution in [3.63, 3.8) is 0 Å². The van der Waals surface area contributed by atoms with Gasteiger partial charge in [-0.3, -0.25) is 0 Å². The Hall–Kier alpha value is -1.97. The molecule has 0 radical (unpaired) electrons. The summed E-state index contributed by atoms with van der Waals surface area (Å²) in [4.78, 5) is 0. The molecule has 0 aliphatic carbocycles. The van der Waals surface area contributed by atoms with Gasteiger partial charge in [0.15, 0.2) is 0 Å². The summed E-state index contributed by atoms with van der Waals surface area (Å²) in [7, 11) is 0. The molecule has 4 heteroatoms. The van der Waals surface area contributed by atoms with Gasteiger partial charge in [0.2, 0.25) is 0 Å². The third kappa shape index (κ3) is 1.42. The van der Waals surface area contributed by atoms with Crippen LogP contribution in [0.1, 0.15) is 5.56 Å². The molecule has 0 spiro atoms. The smallest absolute Gasteiger partial charge is 0.143 e. The van der Waals surface area contributed by atoms with E-state index in [2.05, 4.69) is 5.10 Å². The van der Waals surface area contributed by atoms with Crippen molar-refractivity contribution in [1.82, 2.24) is 9.78 Å². The molecule has 72 valence electrons. The van der Waals surface area contributed by atoms with Gasteiger partial charge in [-0.2, -0.15) is 5.10 Å². The summed E-state index contributed by atoms with van der Waals surface area (Å²) in [5, 5.41) is 13.7. The van der Waals surface area contributed by atoms with E-state index in [0.717, 1.165) is 5.56 Å². The topological polar surface area (TPSA) is 64.1 Å². The molecule has 0 fully saturated rings. The number of hydrogen-bond acceptors (Lipinski definition) is 3. The second-order valence-electron chi connectivity index (χ2n) is 3.21. The van der Waals surface area contributed by atoms with Crippen LogP contribution in [0, 0.1) is 6.92 Å². The molecule has 0 saturated heterocycles. The molecule has 0 unspecified atom stereocenters. The predicted molar refractivity (Wildman–Crippen MR) is 54.4 cm³/mol. The van der Waals surface area contributed by atoms with Crippen LogP contribution in [0.3, 0.4) is 0 Å². The van der Waals surface area contributed by atoms with Crippen molar-refractivity contribution in [2.75, 3.05) is 5.73 Å². The second kappa shape index (κ2) is 3.06. The van der Waals surface area contributed by atoms with Gasteiger partial charge < -0.3 is 10.8 Å². The van der Waals surface area contributed by atoms with Gasteiger partial charge in [-0.15, -0.1) is 0 Å². The summed E-state index contributed by atoms with van der Waals surface area (Å²) in [5.41, 5.74) is 7.73. The molecular formula is C10H11N3O. The first-order valence-electron chi connectivity index (χ1n) is 4.27. The Morgan fingerprint density at radius 2 is 2.21 bits per heavy atom. The number of hydrogen-bond donors (Lipinski definition) is 2. The monoisotopic (exact) mass is 189 g/mol. The maximum absolute atomic E-state index is 9.61. The van der Waals surface area contributed by atoms with Gasteiger partial charge in [-0.1, -0.05) is 0 Å². The van der Waals surface area contributed by atoms with Gasteiger partial charge in [-0.25, -0.2) is 4.68 Å². The van der Waals surface area contributed by atoms with Crippen LogP contribution < -0.4 is 5.73 Å². The van der Waals surface area contributed by atoms with Crippen molar-refractivity contribution in [2.45, 2.75) is 6.92 Å². The Morgan fingerprint density at radius 1 is 1.43 bits per heavy atom. The number of benzene rings is 1. The Labute approximate surface area is 81.6 Å². The maximum atomic E-state index is 9.61. The maximum Gasteiger partial charge on any atom is 0.143 e. The molecule has 0 bridgehead atoms. The normalized spacial score (nSPS) is 10.4. The van der Waals surface area contributed by atoms with Crippen molar-refractivity contribution in [2.24, 2.45) is 0 Å². The number of aromatic hydroxyl groups is 1. The Kier molecular flexibility index (Phi) is 1.89. The summed E-state index contributed by atoms with van der Waals surface area (Å²) >= 11 is 0. The van der Waals surface area contributed by atoms with E-state index in [9.17, 15) is 5.11 Å². The van der Waals surface area contributed by atoms with Gasteiger partial charge in [0.05, 0.1) is 6.20 Å². The highest BCUT2D eigenvalue weighted by atomic mass is 16.3. The van der Waals surface area contributed by atoms with E-state index in [1.165, 1.54) is 6.07 Å². The van der Waals surface area contributed by atoms with Crippen LogP contribution in [0.25, 0.3) is 5.69 Å². The van der Waals surface area contributed by atoms with Gasteiger partial charge in [0.1, 0.15) is 11.4 Å². The highest BCUT2D eigenvalue weighted by Gasteiger charge is 2.04. The van der Waals surface area contributed by atoms with E-state index >= 15 is 0 Å². The summed E-state index contributed by atoms with van der Waals surface area (Å²) in [6, 6.07) is 4.97. The minimum atomic E-state index is 0.133. The average Bonchev–Trinajstić information content (AvgIpc) is 2.51. The van der Waals surface area contributed by atoms with Crippen molar-refractivity contribution in [1.29, 1.82) is 0 Å². The third-order valence-corrected chi connectivity index (χ3v) is 1.96. The lowest BCUT2D eigenvalue weighted by atomic mass is 10.2. The summed E-state index contributed by atoms with van der Waals surface area (Å²) in [5.74, 6) is 0.133. The highest BCUT2D eigenvalue weighted by Crippen LogP contribution is 2.23. The number of nitrogens with two attached hydrogens (primary N) is 1. The summed E-state index contributed by atoms with van der Waals surface area (Å²) < 4.78 is 1.62. The SMILES string of the molecule is Cc1cnn(-c2ccc(N)cc2O)c1. The molecule has 0 amide bonds. The lowest BCUT2D eigenvalue weighted by molar-refractivity contribution is 0.471. The molecule has 0 saturated carbocycles. The Morgan fingerprint density at radius 3 is 2.79 bits per heavy atom. The fourth-order valence-electron chi connectivity index (χ4n) is 1.28. The van der Waals surface area contributed by atoms with Crippen LogP contribution in [0.2, 0.25) is 0 Å². The number of phenols is 1. The van der Waals surface area contributed by atoms with Crippen LogP contribution >= 0.6 is 0 Å². The number of phenolic OH excluding ortho intramolecular Hbond substituents is 1. The first-order valence-corrected chi connectivity index (χ1v) is 4.27. The zero-order valence-electron chi connectivity index (χ0n) is 7.81. The van der Waals surface area contributed by atoms with E-state index in [4.69, 9.17) is 5.73 Å². The summed E-state index contributed by atoms with van der Waals surface area (Å²) in [6.45, 7) is 1.94. The van der Waals surface area contributed by atoms with E-state index in [1.807, 2.05) is 13.1 Å². The standard InChI is InChI=1S/C10H11N3O/c1-7-5-12-13(6-7)9-3-2-8(11)4-10(9)14/h2-6,14H,11H2,1H3. The zero-order valence-corrected chi connectivity index (χ0v) is 7.81. The third-order valence-electron chi connectivity index (χ3n) is 1.96. The van der Waals surface area contributed by atoms with Crippen LogP contribution in [-0.2, 0) is 0 Å². The Balaban J connectivity index is 2.52. The molecule has 0 aliphatic rings. The van der Waals surface area contributed by atoms with Crippen molar-refractivity contribution >= 4 is 5.69 Å². The first-order chi connectivity index (χ1) is 6.66. The Bertz CT molecular complexity index is 462. The van der Waals surface area contributed by atoms with Crippen LogP contribution in [0.15, 0.2) is 30.6 Å². The number of anilines is 1. The molecule has 1 heterocycles. The second-order valence-corrected chi connectivity index (χ2v) is 3.21. The molecule has 2 aromatic rings. The zero-order chi connectivity index (χ0) is 10.1. The highest BCUT2D eigenvalue weighted by molar-refractivity contribution is 5.54. The van der Waals surface area contributed by atoms with Crippen molar-refractivity contribution < 1.29 is 5.11 Å². The number of nitrogens with zero attached hydrogens (tertiary/aromatic N) is 2. The van der Waals surface area contributed by atoms with Gasteiger partial charge >= 0.3 is 0 Å². The molecule has 1 aromatic heterocycles. The minimum Gasteiger partial charge on any atom is -0.506 e. The number of nitrogen functional groups attached to an aromatic ring is 1. The van der Waals surface area contributed by atoms with Crippen LogP contribution in [-0.4, -0.2) is 14.9 Å². The van der Waals surface area contributed by atoms with E-state index in [1.54, 1.807) is 23.0 Å². The molecule has 0 aliphatic heterocycles. The molecule has 3 N–H and O–H groups in total. The quantitative estimate of drug-likeness (QED) is 0.667. The molecule has 0 atom stereocenters. The van der Waals surface area contributed by atoms with Crippen LogP contribution in [0.4, 0.5) is 5.69 Å². The number of aryl methyl sites for hydroxylation is 1. The van der Waals surface area contributed by atoms with E-state index in [0.29, 0.717) is 11.4 Å². The van der Waals surface area contributed by atoms with E-state index < -0.39 is 0 Å². The molecule has 2 rings (SSSR count). The fourth-order valence-corrected chi connectivity index (χ4v) is 1.28. The van der Waals surface area contributed by atoms with Gasteiger partial charge in [0, 0.05) is 18.0 Å². The van der Waals surface area contributed by atoms with Gasteiger partial charge in [0.25, 0.3) is 0 Å². The molecule has 14 heavy (non-hydrogen) atoms. The first kappa shape index (κ1) is 8.62. The minimum absolute atomic E-state index is 0.133. The summed E-state index contributed by atoms with van der Waals surface area (Å²) in [6.07, 6.45) is 3.57. The van der Waals surface area contributed by atoms with E-state index in [-0.39, 0.29) is 5.75 Å².